The second-order valence-corrected chi connectivity index (χ2v) is 3.43. The summed E-state index contributed by atoms with van der Waals surface area (Å²) in [6.07, 6.45) is -5.93. The van der Waals surface area contributed by atoms with Gasteiger partial charge in [-0.1, -0.05) is 13.8 Å². The SMILES string of the molecule is CCNCC(C)COC(C)C(F)(F)F. The summed E-state index contributed by atoms with van der Waals surface area (Å²) in [5, 5.41) is 3.05. The third kappa shape index (κ3) is 6.21. The minimum Gasteiger partial charge on any atom is -0.369 e. The average molecular weight is 213 g/mol. The number of hydrogen-bond acceptors (Lipinski definition) is 2. The molecule has 0 spiro atoms. The van der Waals surface area contributed by atoms with Gasteiger partial charge in [0, 0.05) is 0 Å². The highest BCUT2D eigenvalue weighted by atomic mass is 19.4. The fraction of sp³-hybridized carbons (Fsp3) is 1.00. The molecular formula is C9H18F3NO. The van der Waals surface area contributed by atoms with E-state index in [9.17, 15) is 13.2 Å². The van der Waals surface area contributed by atoms with Crippen molar-refractivity contribution in [2.45, 2.75) is 33.1 Å². The maximum absolute atomic E-state index is 12.0. The molecule has 2 unspecified atom stereocenters. The average Bonchev–Trinajstić information content (AvgIpc) is 2.09. The molecular weight excluding hydrogens is 195 g/mol. The van der Waals surface area contributed by atoms with Crippen molar-refractivity contribution in [1.29, 1.82) is 0 Å². The lowest BCUT2D eigenvalue weighted by Crippen LogP contribution is -2.32. The molecule has 0 aromatic rings. The molecule has 0 aromatic carbocycles. The van der Waals surface area contributed by atoms with E-state index in [4.69, 9.17) is 4.74 Å². The maximum Gasteiger partial charge on any atom is 0.414 e. The Morgan fingerprint density at radius 3 is 2.29 bits per heavy atom. The number of ether oxygens (including phenoxy) is 1. The van der Waals surface area contributed by atoms with Crippen molar-refractivity contribution in [2.75, 3.05) is 19.7 Å². The molecule has 0 saturated heterocycles. The Bertz CT molecular complexity index is 149. The molecule has 0 aliphatic rings. The molecule has 2 nitrogen and oxygen atoms in total. The molecule has 0 aliphatic carbocycles. The van der Waals surface area contributed by atoms with Crippen LogP contribution in [0, 0.1) is 5.92 Å². The monoisotopic (exact) mass is 213 g/mol. The van der Waals surface area contributed by atoms with Gasteiger partial charge >= 0.3 is 6.18 Å². The Morgan fingerprint density at radius 1 is 1.29 bits per heavy atom. The molecule has 0 aliphatic heterocycles. The fourth-order valence-corrected chi connectivity index (χ4v) is 0.853. The van der Waals surface area contributed by atoms with E-state index in [-0.39, 0.29) is 12.5 Å². The number of nitrogens with one attached hydrogen (secondary N) is 1. The summed E-state index contributed by atoms with van der Waals surface area (Å²) in [6, 6.07) is 0. The van der Waals surface area contributed by atoms with Crippen LogP contribution in [-0.2, 0) is 4.74 Å². The molecule has 0 heterocycles. The first-order chi connectivity index (χ1) is 6.38. The Morgan fingerprint density at radius 2 is 1.86 bits per heavy atom. The summed E-state index contributed by atoms with van der Waals surface area (Å²) in [7, 11) is 0. The van der Waals surface area contributed by atoms with Crippen LogP contribution in [0.5, 0.6) is 0 Å². The van der Waals surface area contributed by atoms with Gasteiger partial charge in [0.05, 0.1) is 6.61 Å². The number of rotatable bonds is 6. The highest BCUT2D eigenvalue weighted by Crippen LogP contribution is 2.22. The minimum atomic E-state index is -4.25. The van der Waals surface area contributed by atoms with E-state index in [0.717, 1.165) is 13.5 Å². The highest BCUT2D eigenvalue weighted by molar-refractivity contribution is 4.62. The molecule has 14 heavy (non-hydrogen) atoms. The van der Waals surface area contributed by atoms with Crippen LogP contribution in [0.2, 0.25) is 0 Å². The van der Waals surface area contributed by atoms with Crippen LogP contribution >= 0.6 is 0 Å². The molecule has 86 valence electrons. The molecule has 0 amide bonds. The van der Waals surface area contributed by atoms with Crippen molar-refractivity contribution < 1.29 is 17.9 Å². The van der Waals surface area contributed by atoms with Gasteiger partial charge in [0.1, 0.15) is 0 Å². The molecule has 0 aromatic heterocycles. The smallest absolute Gasteiger partial charge is 0.369 e. The van der Waals surface area contributed by atoms with E-state index >= 15 is 0 Å². The lowest BCUT2D eigenvalue weighted by atomic mass is 10.2. The van der Waals surface area contributed by atoms with Crippen LogP contribution in [0.15, 0.2) is 0 Å². The minimum absolute atomic E-state index is 0.0970. The first-order valence-electron chi connectivity index (χ1n) is 4.77. The Hall–Kier alpha value is -0.290. The van der Waals surface area contributed by atoms with Gasteiger partial charge in [-0.25, -0.2) is 0 Å². The second kappa shape index (κ2) is 6.24. The van der Waals surface area contributed by atoms with Gasteiger partial charge in [-0.15, -0.1) is 0 Å². The number of alkyl halides is 3. The van der Waals surface area contributed by atoms with Crippen LogP contribution in [0.4, 0.5) is 13.2 Å². The van der Waals surface area contributed by atoms with Crippen molar-refractivity contribution in [3.63, 3.8) is 0 Å². The quantitative estimate of drug-likeness (QED) is 0.730. The van der Waals surface area contributed by atoms with Crippen LogP contribution in [-0.4, -0.2) is 32.0 Å². The molecule has 0 fully saturated rings. The molecule has 2 atom stereocenters. The molecule has 1 N–H and O–H groups in total. The molecule has 0 bridgehead atoms. The Labute approximate surface area is 82.8 Å². The van der Waals surface area contributed by atoms with Crippen molar-refractivity contribution >= 4 is 0 Å². The lowest BCUT2D eigenvalue weighted by molar-refractivity contribution is -0.216. The zero-order valence-electron chi connectivity index (χ0n) is 8.82. The third-order valence-corrected chi connectivity index (χ3v) is 1.83. The van der Waals surface area contributed by atoms with Crippen molar-refractivity contribution in [3.8, 4) is 0 Å². The van der Waals surface area contributed by atoms with Crippen molar-refractivity contribution in [3.05, 3.63) is 0 Å². The van der Waals surface area contributed by atoms with Crippen LogP contribution in [0.25, 0.3) is 0 Å². The summed E-state index contributed by atoms with van der Waals surface area (Å²) in [4.78, 5) is 0. The van der Waals surface area contributed by atoms with Gasteiger partial charge in [-0.05, 0) is 25.9 Å². The van der Waals surface area contributed by atoms with Crippen molar-refractivity contribution in [1.82, 2.24) is 5.32 Å². The van der Waals surface area contributed by atoms with Gasteiger partial charge in [0.15, 0.2) is 6.10 Å². The number of halogens is 3. The van der Waals surface area contributed by atoms with E-state index in [1.807, 2.05) is 13.8 Å². The summed E-state index contributed by atoms with van der Waals surface area (Å²) in [6.45, 7) is 6.46. The second-order valence-electron chi connectivity index (χ2n) is 3.43. The Kier molecular flexibility index (Phi) is 6.11. The maximum atomic E-state index is 12.0. The topological polar surface area (TPSA) is 21.3 Å². The van der Waals surface area contributed by atoms with Gasteiger partial charge in [0.2, 0.25) is 0 Å². The first-order valence-corrected chi connectivity index (χ1v) is 4.77. The third-order valence-electron chi connectivity index (χ3n) is 1.83. The predicted octanol–water partition coefficient (Wildman–Crippen LogP) is 2.20. The molecule has 0 rings (SSSR count). The van der Waals surface area contributed by atoms with Crippen molar-refractivity contribution in [2.24, 2.45) is 5.92 Å². The molecule has 5 heteroatoms. The largest absolute Gasteiger partial charge is 0.414 e. The van der Waals surface area contributed by atoms with Crippen LogP contribution < -0.4 is 5.32 Å². The van der Waals surface area contributed by atoms with Gasteiger partial charge in [-0.3, -0.25) is 0 Å². The summed E-state index contributed by atoms with van der Waals surface area (Å²) >= 11 is 0. The first kappa shape index (κ1) is 13.7. The zero-order valence-corrected chi connectivity index (χ0v) is 8.82. The van der Waals surface area contributed by atoms with Gasteiger partial charge in [-0.2, -0.15) is 13.2 Å². The van der Waals surface area contributed by atoms with Gasteiger partial charge < -0.3 is 10.1 Å². The fourth-order valence-electron chi connectivity index (χ4n) is 0.853. The highest BCUT2D eigenvalue weighted by Gasteiger charge is 2.36. The summed E-state index contributed by atoms with van der Waals surface area (Å²) in [5.41, 5.74) is 0. The molecule has 0 saturated carbocycles. The molecule has 0 radical (unpaired) electrons. The van der Waals surface area contributed by atoms with E-state index in [1.165, 1.54) is 0 Å². The van der Waals surface area contributed by atoms with Gasteiger partial charge in [0.25, 0.3) is 0 Å². The predicted molar refractivity (Wildman–Crippen MR) is 49.2 cm³/mol. The number of hydrogen-bond donors (Lipinski definition) is 1. The lowest BCUT2D eigenvalue weighted by Gasteiger charge is -2.19. The van der Waals surface area contributed by atoms with Crippen LogP contribution in [0.3, 0.4) is 0 Å². The van der Waals surface area contributed by atoms with E-state index in [2.05, 4.69) is 5.32 Å². The van der Waals surface area contributed by atoms with E-state index < -0.39 is 12.3 Å². The Balaban J connectivity index is 3.61. The standard InChI is InChI=1S/C9H18F3NO/c1-4-13-5-7(2)6-14-8(3)9(10,11)12/h7-8,13H,4-6H2,1-3H3. The zero-order chi connectivity index (χ0) is 11.2. The summed E-state index contributed by atoms with van der Waals surface area (Å²) < 4.78 is 40.7. The van der Waals surface area contributed by atoms with E-state index in [0.29, 0.717) is 6.54 Å². The van der Waals surface area contributed by atoms with Crippen LogP contribution in [0.1, 0.15) is 20.8 Å². The summed E-state index contributed by atoms with van der Waals surface area (Å²) in [5.74, 6) is 0.0970. The van der Waals surface area contributed by atoms with E-state index in [1.54, 1.807) is 0 Å². The normalized spacial score (nSPS) is 16.7.